The molecule has 0 radical (unpaired) electrons. The van der Waals surface area contributed by atoms with Gasteiger partial charge in [0.05, 0.1) is 0 Å². The third kappa shape index (κ3) is 3.95. The Bertz CT molecular complexity index is 611. The maximum Gasteiger partial charge on any atom is 0.304 e. The Labute approximate surface area is 128 Å². The van der Waals surface area contributed by atoms with Crippen LogP contribution in [0.3, 0.4) is 0 Å². The maximum absolute atomic E-state index is 11.0. The standard InChI is InChI=1S/C16H21N3OS/c20-16-18-14(12-21-16)11-17-10-13-4-6-15(7-5-13)19-8-2-1-3-9-19/h4-7,12,17H,1-3,8-11H2,(H,18,20). The van der Waals surface area contributed by atoms with Gasteiger partial charge in [0.15, 0.2) is 0 Å². The lowest BCUT2D eigenvalue weighted by molar-refractivity contribution is 0.578. The topological polar surface area (TPSA) is 48.1 Å². The number of anilines is 1. The number of thiazole rings is 1. The number of hydrogen-bond acceptors (Lipinski definition) is 4. The fourth-order valence-corrected chi connectivity index (χ4v) is 3.30. The Hall–Kier alpha value is -1.59. The lowest BCUT2D eigenvalue weighted by Crippen LogP contribution is -2.29. The van der Waals surface area contributed by atoms with Crippen molar-refractivity contribution in [2.24, 2.45) is 0 Å². The van der Waals surface area contributed by atoms with Crippen LogP contribution in [0.25, 0.3) is 0 Å². The van der Waals surface area contributed by atoms with Gasteiger partial charge < -0.3 is 15.2 Å². The lowest BCUT2D eigenvalue weighted by Gasteiger charge is -2.28. The van der Waals surface area contributed by atoms with Crippen molar-refractivity contribution in [3.05, 3.63) is 50.6 Å². The molecular formula is C16H21N3OS. The molecule has 0 unspecified atom stereocenters. The Morgan fingerprint density at radius 1 is 1.10 bits per heavy atom. The molecule has 0 bridgehead atoms. The number of hydrogen-bond donors (Lipinski definition) is 2. The summed E-state index contributed by atoms with van der Waals surface area (Å²) >= 11 is 1.21. The van der Waals surface area contributed by atoms with Crippen molar-refractivity contribution in [3.63, 3.8) is 0 Å². The fourth-order valence-electron chi connectivity index (χ4n) is 2.72. The molecule has 1 aromatic carbocycles. The van der Waals surface area contributed by atoms with Crippen LogP contribution in [-0.4, -0.2) is 18.1 Å². The average Bonchev–Trinajstić information content (AvgIpc) is 2.94. The zero-order valence-corrected chi connectivity index (χ0v) is 12.9. The number of H-pyrrole nitrogens is 1. The number of aromatic nitrogens is 1. The number of nitrogens with one attached hydrogen (secondary N) is 2. The lowest BCUT2D eigenvalue weighted by atomic mass is 10.1. The van der Waals surface area contributed by atoms with Gasteiger partial charge in [0.25, 0.3) is 0 Å². The van der Waals surface area contributed by atoms with Crippen LogP contribution < -0.4 is 15.1 Å². The summed E-state index contributed by atoms with van der Waals surface area (Å²) in [5.74, 6) is 0. The van der Waals surface area contributed by atoms with E-state index < -0.39 is 0 Å². The first kappa shape index (κ1) is 14.4. The molecule has 0 aliphatic carbocycles. The molecule has 4 nitrogen and oxygen atoms in total. The van der Waals surface area contributed by atoms with E-state index in [4.69, 9.17) is 0 Å². The molecule has 2 aromatic rings. The van der Waals surface area contributed by atoms with Crippen molar-refractivity contribution in [2.75, 3.05) is 18.0 Å². The van der Waals surface area contributed by atoms with Crippen molar-refractivity contribution >= 4 is 17.0 Å². The minimum Gasteiger partial charge on any atom is -0.372 e. The van der Waals surface area contributed by atoms with Gasteiger partial charge in [-0.25, -0.2) is 0 Å². The van der Waals surface area contributed by atoms with E-state index >= 15 is 0 Å². The highest BCUT2D eigenvalue weighted by Gasteiger charge is 2.10. The predicted molar refractivity (Wildman–Crippen MR) is 88.0 cm³/mol. The number of nitrogens with zero attached hydrogens (tertiary/aromatic N) is 1. The highest BCUT2D eigenvalue weighted by Crippen LogP contribution is 2.20. The van der Waals surface area contributed by atoms with E-state index in [0.29, 0.717) is 6.54 Å². The summed E-state index contributed by atoms with van der Waals surface area (Å²) in [7, 11) is 0. The van der Waals surface area contributed by atoms with Crippen LogP contribution in [0.2, 0.25) is 0 Å². The predicted octanol–water partition coefficient (Wildman–Crippen LogP) is 2.72. The van der Waals surface area contributed by atoms with E-state index in [9.17, 15) is 4.79 Å². The zero-order chi connectivity index (χ0) is 14.5. The van der Waals surface area contributed by atoms with E-state index in [1.807, 2.05) is 5.38 Å². The third-order valence-corrected chi connectivity index (χ3v) is 4.59. The highest BCUT2D eigenvalue weighted by molar-refractivity contribution is 7.07. The Morgan fingerprint density at radius 3 is 2.52 bits per heavy atom. The molecule has 0 spiro atoms. The van der Waals surface area contributed by atoms with Crippen molar-refractivity contribution in [1.29, 1.82) is 0 Å². The summed E-state index contributed by atoms with van der Waals surface area (Å²) in [5, 5.41) is 5.22. The first-order valence-corrected chi connectivity index (χ1v) is 8.40. The number of rotatable bonds is 5. The summed E-state index contributed by atoms with van der Waals surface area (Å²) in [4.78, 5) is 16.3. The van der Waals surface area contributed by atoms with Crippen molar-refractivity contribution in [3.8, 4) is 0 Å². The average molecular weight is 303 g/mol. The second kappa shape index (κ2) is 6.91. The molecule has 1 aliphatic heterocycles. The Balaban J connectivity index is 1.51. The molecule has 0 saturated carbocycles. The van der Waals surface area contributed by atoms with Crippen LogP contribution in [0.1, 0.15) is 30.5 Å². The minimum absolute atomic E-state index is 0.0117. The molecule has 0 atom stereocenters. The molecule has 1 aliphatic rings. The fraction of sp³-hybridized carbons (Fsp3) is 0.438. The zero-order valence-electron chi connectivity index (χ0n) is 12.1. The number of piperidine rings is 1. The van der Waals surface area contributed by atoms with Crippen LogP contribution in [0.5, 0.6) is 0 Å². The smallest absolute Gasteiger partial charge is 0.304 e. The molecule has 21 heavy (non-hydrogen) atoms. The van der Waals surface area contributed by atoms with Gasteiger partial charge in [0.1, 0.15) is 0 Å². The molecule has 5 heteroatoms. The van der Waals surface area contributed by atoms with E-state index in [1.54, 1.807) is 0 Å². The van der Waals surface area contributed by atoms with Gasteiger partial charge in [-0.1, -0.05) is 23.5 Å². The summed E-state index contributed by atoms with van der Waals surface area (Å²) < 4.78 is 0. The van der Waals surface area contributed by atoms with Crippen LogP contribution in [-0.2, 0) is 13.1 Å². The minimum atomic E-state index is 0.0117. The molecule has 1 fully saturated rings. The van der Waals surface area contributed by atoms with Crippen LogP contribution >= 0.6 is 11.3 Å². The number of benzene rings is 1. The third-order valence-electron chi connectivity index (χ3n) is 3.87. The van der Waals surface area contributed by atoms with Gasteiger partial charge in [-0.3, -0.25) is 4.79 Å². The van der Waals surface area contributed by atoms with Crippen molar-refractivity contribution in [1.82, 2.24) is 10.3 Å². The SMILES string of the molecule is O=c1[nH]c(CNCc2ccc(N3CCCCC3)cc2)cs1. The molecule has 1 saturated heterocycles. The van der Waals surface area contributed by atoms with Crippen LogP contribution in [0, 0.1) is 0 Å². The highest BCUT2D eigenvalue weighted by atomic mass is 32.1. The molecule has 3 rings (SSSR count). The van der Waals surface area contributed by atoms with Gasteiger partial charge in [-0.05, 0) is 37.0 Å². The van der Waals surface area contributed by atoms with E-state index in [0.717, 1.165) is 12.2 Å². The van der Waals surface area contributed by atoms with Crippen LogP contribution in [0.4, 0.5) is 5.69 Å². The molecular weight excluding hydrogens is 282 g/mol. The van der Waals surface area contributed by atoms with Crippen molar-refractivity contribution in [2.45, 2.75) is 32.4 Å². The van der Waals surface area contributed by atoms with E-state index in [-0.39, 0.29) is 4.87 Å². The Morgan fingerprint density at radius 2 is 1.86 bits per heavy atom. The van der Waals surface area contributed by atoms with Gasteiger partial charge >= 0.3 is 4.87 Å². The summed E-state index contributed by atoms with van der Waals surface area (Å²) in [6.07, 6.45) is 3.98. The molecule has 2 heterocycles. The van der Waals surface area contributed by atoms with Gasteiger partial charge in [0.2, 0.25) is 0 Å². The van der Waals surface area contributed by atoms with Crippen LogP contribution in [0.15, 0.2) is 34.4 Å². The Kier molecular flexibility index (Phi) is 4.72. The van der Waals surface area contributed by atoms with Crippen molar-refractivity contribution < 1.29 is 0 Å². The second-order valence-electron chi connectivity index (χ2n) is 5.49. The molecule has 1 aromatic heterocycles. The molecule has 112 valence electrons. The maximum atomic E-state index is 11.0. The van der Waals surface area contributed by atoms with E-state index in [1.165, 1.54) is 54.9 Å². The van der Waals surface area contributed by atoms with Gasteiger partial charge in [-0.15, -0.1) is 0 Å². The summed E-state index contributed by atoms with van der Waals surface area (Å²) in [6, 6.07) is 8.81. The molecule has 0 amide bonds. The number of aromatic amines is 1. The largest absolute Gasteiger partial charge is 0.372 e. The van der Waals surface area contributed by atoms with E-state index in [2.05, 4.69) is 39.5 Å². The monoisotopic (exact) mass is 303 g/mol. The normalized spacial score (nSPS) is 15.3. The first-order valence-electron chi connectivity index (χ1n) is 7.52. The van der Waals surface area contributed by atoms with Gasteiger partial charge in [-0.2, -0.15) is 0 Å². The summed E-state index contributed by atoms with van der Waals surface area (Å²) in [5.41, 5.74) is 3.56. The molecule has 2 N–H and O–H groups in total. The second-order valence-corrected chi connectivity index (χ2v) is 6.33. The van der Waals surface area contributed by atoms with Gasteiger partial charge in [0, 0.05) is 42.9 Å². The first-order chi connectivity index (χ1) is 10.3. The quantitative estimate of drug-likeness (QED) is 0.893. The summed E-state index contributed by atoms with van der Waals surface area (Å²) in [6.45, 7) is 3.89.